The van der Waals surface area contributed by atoms with E-state index in [9.17, 15) is 0 Å². The van der Waals surface area contributed by atoms with Crippen LogP contribution in [0.15, 0.2) is 36.4 Å². The van der Waals surface area contributed by atoms with Gasteiger partial charge in [-0.05, 0) is 29.3 Å². The summed E-state index contributed by atoms with van der Waals surface area (Å²) < 4.78 is 11.7. The van der Waals surface area contributed by atoms with Crippen molar-refractivity contribution in [1.82, 2.24) is 0 Å². The molecule has 0 aromatic heterocycles. The van der Waals surface area contributed by atoms with Gasteiger partial charge in [0.25, 0.3) is 0 Å². The summed E-state index contributed by atoms with van der Waals surface area (Å²) in [6.07, 6.45) is 1.61. The van der Waals surface area contributed by atoms with Crippen molar-refractivity contribution in [2.75, 3.05) is 6.61 Å². The molecule has 0 aliphatic carbocycles. The molecule has 2 heterocycles. The zero-order chi connectivity index (χ0) is 14.4. The lowest BCUT2D eigenvalue weighted by atomic mass is 9.99. The number of rotatable bonds is 2. The third-order valence-corrected chi connectivity index (χ3v) is 4.81. The number of halogens is 2. The summed E-state index contributed by atoms with van der Waals surface area (Å²) in [6.45, 7) is 0.692. The molecule has 2 aromatic rings. The fourth-order valence-electron chi connectivity index (χ4n) is 3.08. The molecule has 0 spiro atoms. The Morgan fingerprint density at radius 3 is 2.86 bits per heavy atom. The van der Waals surface area contributed by atoms with Crippen molar-refractivity contribution in [3.8, 4) is 11.5 Å². The van der Waals surface area contributed by atoms with Crippen molar-refractivity contribution in [2.24, 2.45) is 0 Å². The fraction of sp³-hybridized carbons (Fsp3) is 0.294. The maximum atomic E-state index is 6.69. The van der Waals surface area contributed by atoms with E-state index in [-0.39, 0.29) is 11.5 Å². The van der Waals surface area contributed by atoms with Crippen LogP contribution in [0.2, 0.25) is 5.02 Å². The highest BCUT2D eigenvalue weighted by atomic mass is 35.5. The molecule has 2 aliphatic heterocycles. The van der Waals surface area contributed by atoms with Gasteiger partial charge in [-0.3, -0.25) is 0 Å². The number of para-hydroxylation sites is 1. The second-order valence-corrected chi connectivity index (χ2v) is 6.36. The van der Waals surface area contributed by atoms with Crippen LogP contribution >= 0.6 is 23.2 Å². The Morgan fingerprint density at radius 2 is 2.00 bits per heavy atom. The third kappa shape index (κ3) is 2.27. The molecule has 4 rings (SSSR count). The zero-order valence-electron chi connectivity index (χ0n) is 11.3. The van der Waals surface area contributed by atoms with E-state index in [0.717, 1.165) is 35.5 Å². The van der Waals surface area contributed by atoms with E-state index in [0.29, 0.717) is 11.6 Å². The van der Waals surface area contributed by atoms with Crippen molar-refractivity contribution >= 4 is 23.2 Å². The quantitative estimate of drug-likeness (QED) is 0.755. The maximum absolute atomic E-state index is 6.69. The first kappa shape index (κ1) is 13.3. The maximum Gasteiger partial charge on any atom is 0.127 e. The first-order chi connectivity index (χ1) is 10.2. The molecule has 0 amide bonds. The first-order valence-corrected chi connectivity index (χ1v) is 7.87. The molecule has 2 nitrogen and oxygen atoms in total. The van der Waals surface area contributed by atoms with E-state index in [1.54, 1.807) is 0 Å². The molecule has 2 aliphatic rings. The molecule has 0 saturated heterocycles. The summed E-state index contributed by atoms with van der Waals surface area (Å²) in [6, 6.07) is 11.9. The summed E-state index contributed by atoms with van der Waals surface area (Å²) in [4.78, 5) is 0. The van der Waals surface area contributed by atoms with Gasteiger partial charge in [-0.25, -0.2) is 0 Å². The highest BCUT2D eigenvalue weighted by Crippen LogP contribution is 2.43. The summed E-state index contributed by atoms with van der Waals surface area (Å²) in [5, 5.41) is 0.429. The average molecular weight is 321 g/mol. The van der Waals surface area contributed by atoms with Crippen LogP contribution in [0.4, 0.5) is 0 Å². The van der Waals surface area contributed by atoms with Crippen LogP contribution in [0.1, 0.15) is 22.1 Å². The lowest BCUT2D eigenvalue weighted by Gasteiger charge is -2.20. The lowest BCUT2D eigenvalue weighted by molar-refractivity contribution is 0.225. The van der Waals surface area contributed by atoms with Crippen LogP contribution < -0.4 is 9.47 Å². The van der Waals surface area contributed by atoms with Crippen LogP contribution in [0.5, 0.6) is 11.5 Å². The van der Waals surface area contributed by atoms with Gasteiger partial charge in [0.2, 0.25) is 0 Å². The molecule has 0 radical (unpaired) electrons. The Bertz CT molecular complexity index is 674. The average Bonchev–Trinajstić information content (AvgIpc) is 3.11. The van der Waals surface area contributed by atoms with Crippen LogP contribution in [-0.2, 0) is 12.8 Å². The predicted molar refractivity (Wildman–Crippen MR) is 83.8 cm³/mol. The van der Waals surface area contributed by atoms with Gasteiger partial charge in [0, 0.05) is 23.4 Å². The van der Waals surface area contributed by atoms with Crippen LogP contribution in [-0.4, -0.2) is 12.7 Å². The Balaban J connectivity index is 1.67. The minimum absolute atomic E-state index is 0.0872. The van der Waals surface area contributed by atoms with E-state index in [2.05, 4.69) is 6.07 Å². The van der Waals surface area contributed by atoms with Gasteiger partial charge in [0.05, 0.1) is 12.0 Å². The van der Waals surface area contributed by atoms with Gasteiger partial charge in [-0.15, -0.1) is 11.6 Å². The van der Waals surface area contributed by atoms with E-state index in [1.165, 1.54) is 5.56 Å². The van der Waals surface area contributed by atoms with E-state index in [1.807, 2.05) is 30.3 Å². The molecule has 2 aromatic carbocycles. The summed E-state index contributed by atoms with van der Waals surface area (Å²) in [5.74, 6) is 1.81. The van der Waals surface area contributed by atoms with Crippen molar-refractivity contribution in [3.63, 3.8) is 0 Å². The van der Waals surface area contributed by atoms with Crippen LogP contribution in [0.3, 0.4) is 0 Å². The number of fused-ring (bicyclic) bond motifs is 2. The minimum atomic E-state index is -0.275. The molecule has 0 fully saturated rings. The molecule has 2 atom stereocenters. The van der Waals surface area contributed by atoms with E-state index >= 15 is 0 Å². The van der Waals surface area contributed by atoms with Crippen molar-refractivity contribution in [1.29, 1.82) is 0 Å². The highest BCUT2D eigenvalue weighted by molar-refractivity contribution is 6.31. The van der Waals surface area contributed by atoms with Gasteiger partial charge >= 0.3 is 0 Å². The van der Waals surface area contributed by atoms with Crippen molar-refractivity contribution < 1.29 is 9.47 Å². The molecule has 4 heteroatoms. The topological polar surface area (TPSA) is 18.5 Å². The molecular weight excluding hydrogens is 307 g/mol. The SMILES string of the molecule is Clc1cc2c(c(C(Cl)C3Cc4ccccc4O3)c1)OCC2. The highest BCUT2D eigenvalue weighted by Gasteiger charge is 2.33. The van der Waals surface area contributed by atoms with Crippen molar-refractivity contribution in [2.45, 2.75) is 24.3 Å². The fourth-order valence-corrected chi connectivity index (χ4v) is 3.63. The number of ether oxygens (including phenoxy) is 2. The molecule has 21 heavy (non-hydrogen) atoms. The first-order valence-electron chi connectivity index (χ1n) is 7.06. The summed E-state index contributed by atoms with van der Waals surface area (Å²) in [7, 11) is 0. The monoisotopic (exact) mass is 320 g/mol. The number of hydrogen-bond donors (Lipinski definition) is 0. The predicted octanol–water partition coefficient (Wildman–Crippen LogP) is 4.56. The lowest BCUT2D eigenvalue weighted by Crippen LogP contribution is -2.20. The Morgan fingerprint density at radius 1 is 1.14 bits per heavy atom. The summed E-state index contributed by atoms with van der Waals surface area (Å²) in [5.41, 5.74) is 3.28. The van der Waals surface area contributed by atoms with Crippen molar-refractivity contribution in [3.05, 3.63) is 58.1 Å². The zero-order valence-corrected chi connectivity index (χ0v) is 12.8. The molecule has 0 N–H and O–H groups in total. The Labute approximate surface area is 133 Å². The normalized spacial score (nSPS) is 20.4. The second-order valence-electron chi connectivity index (χ2n) is 5.45. The van der Waals surface area contributed by atoms with Crippen LogP contribution in [0, 0.1) is 0 Å². The largest absolute Gasteiger partial charge is 0.493 e. The molecular formula is C17H14Cl2O2. The van der Waals surface area contributed by atoms with Gasteiger partial charge in [-0.2, -0.15) is 0 Å². The minimum Gasteiger partial charge on any atom is -0.493 e. The van der Waals surface area contributed by atoms with Gasteiger partial charge in [-0.1, -0.05) is 29.8 Å². The van der Waals surface area contributed by atoms with Gasteiger partial charge in [0.1, 0.15) is 17.6 Å². The molecule has 0 bridgehead atoms. The number of benzene rings is 2. The van der Waals surface area contributed by atoms with Gasteiger partial charge in [0.15, 0.2) is 0 Å². The molecule has 0 saturated carbocycles. The standard InChI is InChI=1S/C17H14Cl2O2/c18-12-7-11-5-6-20-17(11)13(9-12)16(19)15-8-10-3-1-2-4-14(10)21-15/h1-4,7,9,15-16H,5-6,8H2. The van der Waals surface area contributed by atoms with E-state index in [4.69, 9.17) is 32.7 Å². The summed E-state index contributed by atoms with van der Waals surface area (Å²) >= 11 is 12.9. The Kier molecular flexibility index (Phi) is 3.24. The number of alkyl halides is 1. The van der Waals surface area contributed by atoms with Gasteiger partial charge < -0.3 is 9.47 Å². The third-order valence-electron chi connectivity index (χ3n) is 4.07. The van der Waals surface area contributed by atoms with E-state index < -0.39 is 0 Å². The molecule has 2 unspecified atom stereocenters. The molecule has 108 valence electrons. The second kappa shape index (κ2) is 5.11. The van der Waals surface area contributed by atoms with Crippen LogP contribution in [0.25, 0.3) is 0 Å². The Hall–Kier alpha value is -1.38. The number of hydrogen-bond acceptors (Lipinski definition) is 2. The smallest absolute Gasteiger partial charge is 0.127 e.